The summed E-state index contributed by atoms with van der Waals surface area (Å²) in [4.78, 5) is 8.48. The van der Waals surface area contributed by atoms with E-state index in [0.717, 1.165) is 12.1 Å². The van der Waals surface area contributed by atoms with E-state index in [1.807, 2.05) is 0 Å². The smallest absolute Gasteiger partial charge is 0.180 e. The lowest BCUT2D eigenvalue weighted by molar-refractivity contribution is 0.586. The van der Waals surface area contributed by atoms with Gasteiger partial charge in [-0.15, -0.1) is 0 Å². The third-order valence-electron chi connectivity index (χ3n) is 3.47. The summed E-state index contributed by atoms with van der Waals surface area (Å²) < 4.78 is 42.0. The molecule has 0 saturated carbocycles. The lowest BCUT2D eigenvalue weighted by atomic mass is 10.2. The van der Waals surface area contributed by atoms with E-state index in [-0.39, 0.29) is 11.5 Å². The second kappa shape index (κ2) is 4.98. The average molecular weight is 314 g/mol. The van der Waals surface area contributed by atoms with E-state index >= 15 is 0 Å². The predicted molar refractivity (Wildman–Crippen MR) is 80.1 cm³/mol. The molecule has 2 aromatic carbocycles. The number of halogens is 3. The van der Waals surface area contributed by atoms with Crippen LogP contribution in [0.1, 0.15) is 0 Å². The van der Waals surface area contributed by atoms with Gasteiger partial charge in [-0.1, -0.05) is 0 Å². The van der Waals surface area contributed by atoms with Crippen LogP contribution >= 0.6 is 0 Å². The van der Waals surface area contributed by atoms with Crippen LogP contribution in [-0.4, -0.2) is 14.4 Å². The molecule has 4 rings (SSSR count). The molecule has 0 spiro atoms. The van der Waals surface area contributed by atoms with E-state index in [9.17, 15) is 13.2 Å². The van der Waals surface area contributed by atoms with Crippen LogP contribution in [0.2, 0.25) is 0 Å². The van der Waals surface area contributed by atoms with Crippen molar-refractivity contribution in [1.82, 2.24) is 14.4 Å². The number of hydrogen-bond acceptors (Lipinski definition) is 3. The van der Waals surface area contributed by atoms with Crippen molar-refractivity contribution < 1.29 is 13.2 Å². The van der Waals surface area contributed by atoms with Gasteiger partial charge >= 0.3 is 0 Å². The molecule has 4 nitrogen and oxygen atoms in total. The number of nitrogens with zero attached hydrogens (tertiary/aromatic N) is 3. The molecule has 0 amide bonds. The molecule has 1 N–H and O–H groups in total. The average Bonchev–Trinajstić information content (AvgIpc) is 2.99. The largest absolute Gasteiger partial charge is 0.335 e. The topological polar surface area (TPSA) is 42.2 Å². The molecule has 2 heterocycles. The van der Waals surface area contributed by atoms with E-state index < -0.39 is 17.5 Å². The Labute approximate surface area is 128 Å². The first-order chi connectivity index (χ1) is 11.1. The van der Waals surface area contributed by atoms with Gasteiger partial charge in [-0.05, 0) is 24.3 Å². The minimum atomic E-state index is -0.754. The molecule has 0 aliphatic carbocycles. The fourth-order valence-electron chi connectivity index (χ4n) is 2.44. The lowest BCUT2D eigenvalue weighted by Crippen LogP contribution is -2.02. The highest BCUT2D eigenvalue weighted by Crippen LogP contribution is 2.25. The van der Waals surface area contributed by atoms with Gasteiger partial charge in [0, 0.05) is 24.5 Å². The Bertz CT molecular complexity index is 1040. The fraction of sp³-hybridized carbons (Fsp3) is 0. The van der Waals surface area contributed by atoms with Gasteiger partial charge < -0.3 is 5.32 Å². The number of anilines is 2. The van der Waals surface area contributed by atoms with Crippen LogP contribution in [0.4, 0.5) is 24.7 Å². The molecule has 0 aliphatic rings. The third kappa shape index (κ3) is 2.26. The first-order valence-corrected chi connectivity index (χ1v) is 6.76. The van der Waals surface area contributed by atoms with Gasteiger partial charge in [-0.3, -0.25) is 4.40 Å². The van der Waals surface area contributed by atoms with E-state index in [1.165, 1.54) is 18.2 Å². The van der Waals surface area contributed by atoms with Gasteiger partial charge in [0.15, 0.2) is 11.5 Å². The summed E-state index contributed by atoms with van der Waals surface area (Å²) in [5, 5.41) is 2.78. The first kappa shape index (κ1) is 13.6. The van der Waals surface area contributed by atoms with E-state index in [2.05, 4.69) is 15.3 Å². The minimum Gasteiger partial charge on any atom is -0.335 e. The van der Waals surface area contributed by atoms with E-state index in [4.69, 9.17) is 0 Å². The summed E-state index contributed by atoms with van der Waals surface area (Å²) in [6.07, 6.45) is 3.26. The summed E-state index contributed by atoms with van der Waals surface area (Å²) in [5.41, 5.74) is 1.57. The fourth-order valence-corrected chi connectivity index (χ4v) is 2.44. The molecule has 23 heavy (non-hydrogen) atoms. The van der Waals surface area contributed by atoms with Gasteiger partial charge in [0.25, 0.3) is 0 Å². The van der Waals surface area contributed by atoms with Crippen molar-refractivity contribution in [1.29, 1.82) is 0 Å². The quantitative estimate of drug-likeness (QED) is 0.607. The molecule has 0 bridgehead atoms. The second-order valence-corrected chi connectivity index (χ2v) is 4.96. The molecular weight excluding hydrogens is 305 g/mol. The van der Waals surface area contributed by atoms with Crippen LogP contribution in [0.25, 0.3) is 16.7 Å². The zero-order valence-corrected chi connectivity index (χ0v) is 11.6. The molecule has 0 aliphatic heterocycles. The molecule has 114 valence electrons. The summed E-state index contributed by atoms with van der Waals surface area (Å²) in [6, 6.07) is 7.37. The maximum Gasteiger partial charge on any atom is 0.180 e. The Morgan fingerprint density at radius 2 is 1.74 bits per heavy atom. The Morgan fingerprint density at radius 3 is 2.57 bits per heavy atom. The number of benzene rings is 2. The minimum absolute atomic E-state index is 0.0551. The first-order valence-electron chi connectivity index (χ1n) is 6.76. The molecule has 2 aromatic heterocycles. The summed E-state index contributed by atoms with van der Waals surface area (Å²) >= 11 is 0. The molecular formula is C16H9F3N4. The highest BCUT2D eigenvalue weighted by Gasteiger charge is 2.12. The molecule has 0 atom stereocenters. The zero-order valence-electron chi connectivity index (χ0n) is 11.6. The SMILES string of the molecule is Fc1ccc(Nc2nc3cc(F)ccc3n3ccnc23)c(F)c1. The molecule has 0 radical (unpaired) electrons. The van der Waals surface area contributed by atoms with Crippen molar-refractivity contribution in [3.05, 3.63) is 66.2 Å². The van der Waals surface area contributed by atoms with Crippen molar-refractivity contribution in [2.75, 3.05) is 5.32 Å². The standard InChI is InChI=1S/C16H9F3N4/c17-9-1-3-12(11(19)7-9)21-15-16-20-5-6-23(16)14-4-2-10(18)8-13(14)22-15/h1-8H,(H,21,22). The van der Waals surface area contributed by atoms with Crippen LogP contribution in [-0.2, 0) is 0 Å². The lowest BCUT2D eigenvalue weighted by Gasteiger charge is -2.10. The molecule has 7 heteroatoms. The van der Waals surface area contributed by atoms with Gasteiger partial charge in [0.1, 0.15) is 17.5 Å². The number of aromatic nitrogens is 3. The monoisotopic (exact) mass is 314 g/mol. The zero-order chi connectivity index (χ0) is 16.0. The van der Waals surface area contributed by atoms with Crippen LogP contribution in [0, 0.1) is 17.5 Å². The van der Waals surface area contributed by atoms with Crippen molar-refractivity contribution in [2.45, 2.75) is 0 Å². The van der Waals surface area contributed by atoms with Crippen molar-refractivity contribution in [3.63, 3.8) is 0 Å². The summed E-state index contributed by atoms with van der Waals surface area (Å²) in [5.74, 6) is -1.61. The summed E-state index contributed by atoms with van der Waals surface area (Å²) in [6.45, 7) is 0. The van der Waals surface area contributed by atoms with Gasteiger partial charge in [0.05, 0.1) is 16.7 Å². The van der Waals surface area contributed by atoms with Crippen LogP contribution in [0.5, 0.6) is 0 Å². The third-order valence-corrected chi connectivity index (χ3v) is 3.47. The Balaban J connectivity index is 1.92. The van der Waals surface area contributed by atoms with E-state index in [0.29, 0.717) is 16.7 Å². The molecule has 0 unspecified atom stereocenters. The predicted octanol–water partition coefficient (Wildman–Crippen LogP) is 4.04. The maximum atomic E-state index is 13.8. The van der Waals surface area contributed by atoms with Gasteiger partial charge in [-0.2, -0.15) is 0 Å². The van der Waals surface area contributed by atoms with Crippen molar-refractivity contribution >= 4 is 28.2 Å². The number of fused-ring (bicyclic) bond motifs is 3. The summed E-state index contributed by atoms with van der Waals surface area (Å²) in [7, 11) is 0. The highest BCUT2D eigenvalue weighted by molar-refractivity contribution is 5.84. The van der Waals surface area contributed by atoms with Crippen LogP contribution in [0.3, 0.4) is 0 Å². The maximum absolute atomic E-state index is 13.8. The molecule has 0 fully saturated rings. The second-order valence-electron chi connectivity index (χ2n) is 4.96. The normalized spacial score (nSPS) is 11.3. The number of nitrogens with one attached hydrogen (secondary N) is 1. The Hall–Kier alpha value is -3.09. The molecule has 4 aromatic rings. The highest BCUT2D eigenvalue weighted by atomic mass is 19.1. The van der Waals surface area contributed by atoms with Crippen LogP contribution < -0.4 is 5.32 Å². The Kier molecular flexibility index (Phi) is 2.94. The number of imidazole rings is 1. The van der Waals surface area contributed by atoms with Crippen molar-refractivity contribution in [2.24, 2.45) is 0 Å². The van der Waals surface area contributed by atoms with Gasteiger partial charge in [-0.25, -0.2) is 23.1 Å². The van der Waals surface area contributed by atoms with Crippen LogP contribution in [0.15, 0.2) is 48.8 Å². The van der Waals surface area contributed by atoms with Crippen molar-refractivity contribution in [3.8, 4) is 0 Å². The van der Waals surface area contributed by atoms with E-state index in [1.54, 1.807) is 22.9 Å². The Morgan fingerprint density at radius 1 is 0.957 bits per heavy atom. The molecule has 0 saturated heterocycles. The number of rotatable bonds is 2. The number of hydrogen-bond donors (Lipinski definition) is 1. The van der Waals surface area contributed by atoms with Gasteiger partial charge in [0.2, 0.25) is 0 Å².